The van der Waals surface area contributed by atoms with Crippen molar-refractivity contribution in [1.82, 2.24) is 0 Å². The third kappa shape index (κ3) is 10.1. The number of hydrogen-bond donors (Lipinski definition) is 1. The van der Waals surface area contributed by atoms with Gasteiger partial charge in [0.1, 0.15) is 0 Å². The quantitative estimate of drug-likeness (QED) is 0.271. The average molecular weight is 419 g/mol. The summed E-state index contributed by atoms with van der Waals surface area (Å²) in [6.45, 7) is 25.7. The predicted molar refractivity (Wildman–Crippen MR) is 125 cm³/mol. The molecule has 0 heterocycles. The summed E-state index contributed by atoms with van der Waals surface area (Å²) in [5.74, 6) is 0. The van der Waals surface area contributed by atoms with E-state index in [9.17, 15) is 0 Å². The Balaban J connectivity index is 4.68. The molecule has 27 heavy (non-hydrogen) atoms. The smallest absolute Gasteiger partial charge is 0.192 e. The second-order valence-corrected chi connectivity index (χ2v) is 20.9. The van der Waals surface area contributed by atoms with E-state index in [0.29, 0.717) is 12.2 Å². The number of aliphatic hydroxyl groups excluding tert-OH is 1. The molecule has 0 rings (SSSR count). The molecule has 0 aromatic carbocycles. The van der Waals surface area contributed by atoms with Crippen LogP contribution in [0.5, 0.6) is 0 Å². The minimum Gasteiger partial charge on any atom is -0.414 e. The van der Waals surface area contributed by atoms with Crippen molar-refractivity contribution in [3.63, 3.8) is 0 Å². The highest BCUT2D eigenvalue weighted by molar-refractivity contribution is 6.74. The van der Waals surface area contributed by atoms with Crippen LogP contribution in [0.25, 0.3) is 0 Å². The van der Waals surface area contributed by atoms with E-state index in [0.717, 1.165) is 38.5 Å². The van der Waals surface area contributed by atoms with E-state index in [1.807, 2.05) is 0 Å². The average Bonchev–Trinajstić information content (AvgIpc) is 2.43. The number of aliphatic hydroxyl groups is 1. The van der Waals surface area contributed by atoms with Gasteiger partial charge in [0, 0.05) is 18.8 Å². The van der Waals surface area contributed by atoms with Crippen molar-refractivity contribution >= 4 is 16.6 Å². The first-order valence-electron chi connectivity index (χ1n) is 11.0. The molecule has 0 aliphatic carbocycles. The molecule has 0 unspecified atom stereocenters. The van der Waals surface area contributed by atoms with Gasteiger partial charge in [-0.25, -0.2) is 0 Å². The van der Waals surface area contributed by atoms with Crippen LogP contribution >= 0.6 is 0 Å². The molecule has 0 fully saturated rings. The Morgan fingerprint density at radius 2 is 1.15 bits per heavy atom. The van der Waals surface area contributed by atoms with E-state index in [2.05, 4.69) is 74.7 Å². The lowest BCUT2D eigenvalue weighted by atomic mass is 10.0. The van der Waals surface area contributed by atoms with Crippen LogP contribution in [0.4, 0.5) is 0 Å². The van der Waals surface area contributed by atoms with Crippen molar-refractivity contribution in [3.8, 4) is 0 Å². The van der Waals surface area contributed by atoms with Crippen molar-refractivity contribution in [2.75, 3.05) is 6.61 Å². The number of hydrogen-bond acceptors (Lipinski definition) is 3. The van der Waals surface area contributed by atoms with Crippen LogP contribution in [0.1, 0.15) is 87.0 Å². The van der Waals surface area contributed by atoms with Crippen LogP contribution in [0.2, 0.25) is 36.3 Å². The van der Waals surface area contributed by atoms with E-state index in [-0.39, 0.29) is 16.7 Å². The van der Waals surface area contributed by atoms with Crippen LogP contribution in [0, 0.1) is 0 Å². The van der Waals surface area contributed by atoms with Crippen molar-refractivity contribution in [3.05, 3.63) is 0 Å². The third-order valence-corrected chi connectivity index (χ3v) is 15.8. The Morgan fingerprint density at radius 3 is 1.59 bits per heavy atom. The van der Waals surface area contributed by atoms with Gasteiger partial charge in [-0.15, -0.1) is 0 Å². The normalized spacial score (nSPS) is 16.4. The first kappa shape index (κ1) is 27.3. The highest BCUT2D eigenvalue weighted by Crippen LogP contribution is 2.39. The van der Waals surface area contributed by atoms with Crippen molar-refractivity contribution in [2.24, 2.45) is 0 Å². The lowest BCUT2D eigenvalue weighted by molar-refractivity contribution is 0.138. The molecule has 0 bridgehead atoms. The summed E-state index contributed by atoms with van der Waals surface area (Å²) in [6, 6.07) is 0. The molecule has 0 aromatic rings. The molecule has 164 valence electrons. The maximum atomic E-state index is 9.12. The van der Waals surface area contributed by atoms with Crippen LogP contribution < -0.4 is 0 Å². The molecule has 5 heteroatoms. The summed E-state index contributed by atoms with van der Waals surface area (Å²) in [4.78, 5) is 0. The topological polar surface area (TPSA) is 38.7 Å². The molecule has 0 spiro atoms. The monoisotopic (exact) mass is 418 g/mol. The zero-order chi connectivity index (χ0) is 21.5. The zero-order valence-corrected chi connectivity index (χ0v) is 22.4. The van der Waals surface area contributed by atoms with Crippen LogP contribution in [0.3, 0.4) is 0 Å². The van der Waals surface area contributed by atoms with E-state index in [4.69, 9.17) is 14.0 Å². The van der Waals surface area contributed by atoms with Gasteiger partial charge in [0.25, 0.3) is 0 Å². The fourth-order valence-corrected chi connectivity index (χ4v) is 5.61. The molecule has 0 aliphatic heterocycles. The molecule has 3 nitrogen and oxygen atoms in total. The van der Waals surface area contributed by atoms with Gasteiger partial charge in [-0.05, 0) is 81.7 Å². The maximum Gasteiger partial charge on any atom is 0.192 e. The summed E-state index contributed by atoms with van der Waals surface area (Å²) in [5.41, 5.74) is 0. The highest BCUT2D eigenvalue weighted by atomic mass is 28.4. The third-order valence-electron chi connectivity index (χ3n) is 6.64. The summed E-state index contributed by atoms with van der Waals surface area (Å²) >= 11 is 0. The Morgan fingerprint density at radius 1 is 0.704 bits per heavy atom. The second-order valence-electron chi connectivity index (χ2n) is 11.3. The SMILES string of the molecule is C[C@@H](CCC[C@@H](CCCCO)O[Si](C)(C)C(C)(C)C)O[Si](C)(C)C(C)(C)C. The van der Waals surface area contributed by atoms with Gasteiger partial charge in [0.2, 0.25) is 0 Å². The largest absolute Gasteiger partial charge is 0.414 e. The lowest BCUT2D eigenvalue weighted by Gasteiger charge is -2.40. The van der Waals surface area contributed by atoms with Crippen molar-refractivity contribution in [1.29, 1.82) is 0 Å². The molecule has 0 saturated carbocycles. The minimum atomic E-state index is -1.76. The fraction of sp³-hybridized carbons (Fsp3) is 1.00. The van der Waals surface area contributed by atoms with Crippen molar-refractivity contribution < 1.29 is 14.0 Å². The summed E-state index contributed by atoms with van der Waals surface area (Å²) in [7, 11) is -3.44. The predicted octanol–water partition coefficient (Wildman–Crippen LogP) is 7.12. The Hall–Kier alpha value is 0.314. The van der Waals surface area contributed by atoms with E-state index >= 15 is 0 Å². The molecular formula is C22H50O3Si2. The lowest BCUT2D eigenvalue weighted by Crippen LogP contribution is -2.44. The Kier molecular flexibility index (Phi) is 11.0. The zero-order valence-electron chi connectivity index (χ0n) is 20.4. The first-order chi connectivity index (χ1) is 12.0. The van der Waals surface area contributed by atoms with Gasteiger partial charge >= 0.3 is 0 Å². The van der Waals surface area contributed by atoms with E-state index in [1.54, 1.807) is 0 Å². The molecule has 0 saturated heterocycles. The van der Waals surface area contributed by atoms with Gasteiger partial charge in [0.15, 0.2) is 16.6 Å². The number of rotatable bonds is 12. The number of unbranched alkanes of at least 4 members (excludes halogenated alkanes) is 1. The van der Waals surface area contributed by atoms with Crippen LogP contribution in [0.15, 0.2) is 0 Å². The van der Waals surface area contributed by atoms with Gasteiger partial charge in [-0.1, -0.05) is 41.5 Å². The second kappa shape index (κ2) is 10.9. The first-order valence-corrected chi connectivity index (χ1v) is 16.8. The maximum absolute atomic E-state index is 9.12. The van der Waals surface area contributed by atoms with E-state index in [1.165, 1.54) is 0 Å². The summed E-state index contributed by atoms with van der Waals surface area (Å²) in [6.07, 6.45) is 6.97. The van der Waals surface area contributed by atoms with Crippen LogP contribution in [-0.4, -0.2) is 40.6 Å². The van der Waals surface area contributed by atoms with E-state index < -0.39 is 16.6 Å². The van der Waals surface area contributed by atoms with Crippen LogP contribution in [-0.2, 0) is 8.85 Å². The highest BCUT2D eigenvalue weighted by Gasteiger charge is 2.39. The molecule has 1 N–H and O–H groups in total. The van der Waals surface area contributed by atoms with Gasteiger partial charge in [0.05, 0.1) is 0 Å². The summed E-state index contributed by atoms with van der Waals surface area (Å²) < 4.78 is 13.2. The van der Waals surface area contributed by atoms with Gasteiger partial charge in [-0.3, -0.25) is 0 Å². The fourth-order valence-electron chi connectivity index (χ4n) is 2.71. The Bertz CT molecular complexity index is 409. The molecule has 0 amide bonds. The molecule has 0 radical (unpaired) electrons. The van der Waals surface area contributed by atoms with Gasteiger partial charge < -0.3 is 14.0 Å². The standard InChI is InChI=1S/C22H50O3Si2/c1-19(24-26(8,9)21(2,3)4)15-14-17-20(16-12-13-18-23)25-27(10,11)22(5,6)7/h19-20,23H,12-18H2,1-11H3/t19-,20+/m0/s1. The Labute approximate surface area is 172 Å². The minimum absolute atomic E-state index is 0.237. The molecule has 0 aromatic heterocycles. The molecule has 2 atom stereocenters. The molecule has 0 aliphatic rings. The summed E-state index contributed by atoms with van der Waals surface area (Å²) in [5, 5.41) is 9.62. The van der Waals surface area contributed by atoms with Crippen molar-refractivity contribution in [2.45, 2.75) is 135 Å². The molecular weight excluding hydrogens is 368 g/mol. The van der Waals surface area contributed by atoms with Gasteiger partial charge in [-0.2, -0.15) is 0 Å².